The van der Waals surface area contributed by atoms with E-state index in [0.29, 0.717) is 23.6 Å². The Balaban J connectivity index is 1.63. The van der Waals surface area contributed by atoms with Gasteiger partial charge in [-0.2, -0.15) is 0 Å². The maximum absolute atomic E-state index is 12.8. The van der Waals surface area contributed by atoms with Crippen molar-refractivity contribution in [2.45, 2.75) is 39.4 Å². The Morgan fingerprint density at radius 1 is 1.25 bits per heavy atom. The van der Waals surface area contributed by atoms with Gasteiger partial charge >= 0.3 is 5.97 Å². The monoisotopic (exact) mass is 383 g/mol. The molecule has 1 aromatic carbocycles. The first-order valence-electron chi connectivity index (χ1n) is 9.53. The number of carbonyl (C=O) groups excluding carboxylic acids is 1. The Kier molecular flexibility index (Phi) is 4.54. The first kappa shape index (κ1) is 18.7. The van der Waals surface area contributed by atoms with Gasteiger partial charge in [-0.1, -0.05) is 19.9 Å². The second-order valence-corrected chi connectivity index (χ2v) is 8.19. The van der Waals surface area contributed by atoms with Crippen molar-refractivity contribution < 1.29 is 19.0 Å². The van der Waals surface area contributed by atoms with Gasteiger partial charge in [0.05, 0.1) is 24.5 Å². The first-order chi connectivity index (χ1) is 13.3. The fourth-order valence-corrected chi connectivity index (χ4v) is 4.48. The molecule has 2 heterocycles. The van der Waals surface area contributed by atoms with Crippen molar-refractivity contribution in [2.24, 2.45) is 11.3 Å². The number of aromatic nitrogens is 1. The zero-order valence-corrected chi connectivity index (χ0v) is 16.6. The SMILES string of the molecule is COc1ccc(C)cc1-n1cc(C(=O)O[C@@H]2[C@H]3CCO[C@H]3C2(C)C)ccc1=O. The predicted octanol–water partition coefficient (Wildman–Crippen LogP) is 3.12. The van der Waals surface area contributed by atoms with Crippen LogP contribution in [0.25, 0.3) is 5.69 Å². The highest BCUT2D eigenvalue weighted by Gasteiger charge is 2.61. The Hall–Kier alpha value is -2.60. The summed E-state index contributed by atoms with van der Waals surface area (Å²) in [5.41, 5.74) is 1.47. The van der Waals surface area contributed by atoms with Crippen molar-refractivity contribution in [3.05, 3.63) is 58.0 Å². The summed E-state index contributed by atoms with van der Waals surface area (Å²) in [5.74, 6) is 0.384. The van der Waals surface area contributed by atoms with Crippen molar-refractivity contribution in [1.29, 1.82) is 0 Å². The van der Waals surface area contributed by atoms with Crippen LogP contribution in [-0.2, 0) is 9.47 Å². The van der Waals surface area contributed by atoms with Crippen LogP contribution in [0.5, 0.6) is 5.75 Å². The molecule has 0 amide bonds. The lowest BCUT2D eigenvalue weighted by Crippen LogP contribution is -2.61. The number of hydrogen-bond acceptors (Lipinski definition) is 5. The van der Waals surface area contributed by atoms with Gasteiger partial charge in [-0.05, 0) is 37.1 Å². The van der Waals surface area contributed by atoms with Gasteiger partial charge in [0.15, 0.2) is 0 Å². The summed E-state index contributed by atoms with van der Waals surface area (Å²) in [5, 5.41) is 0. The highest BCUT2D eigenvalue weighted by atomic mass is 16.6. The van der Waals surface area contributed by atoms with Gasteiger partial charge in [0.25, 0.3) is 5.56 Å². The van der Waals surface area contributed by atoms with E-state index in [1.807, 2.05) is 19.1 Å². The van der Waals surface area contributed by atoms with E-state index in [9.17, 15) is 9.59 Å². The van der Waals surface area contributed by atoms with Gasteiger partial charge < -0.3 is 14.2 Å². The van der Waals surface area contributed by atoms with E-state index in [1.54, 1.807) is 13.2 Å². The molecule has 4 rings (SSSR count). The number of methoxy groups -OCH3 is 1. The highest BCUT2D eigenvalue weighted by Crippen LogP contribution is 2.53. The zero-order chi connectivity index (χ0) is 20.1. The normalized spacial score (nSPS) is 24.9. The van der Waals surface area contributed by atoms with Gasteiger partial charge in [0, 0.05) is 30.2 Å². The van der Waals surface area contributed by atoms with Crippen molar-refractivity contribution in [3.8, 4) is 11.4 Å². The fourth-order valence-electron chi connectivity index (χ4n) is 4.48. The van der Waals surface area contributed by atoms with Crippen LogP contribution >= 0.6 is 0 Å². The zero-order valence-electron chi connectivity index (χ0n) is 16.6. The van der Waals surface area contributed by atoms with Crippen LogP contribution in [0.4, 0.5) is 0 Å². The molecule has 1 saturated heterocycles. The number of hydrogen-bond donors (Lipinski definition) is 0. The van der Waals surface area contributed by atoms with E-state index >= 15 is 0 Å². The second kappa shape index (κ2) is 6.78. The lowest BCUT2D eigenvalue weighted by Gasteiger charge is -2.53. The molecule has 6 heteroatoms. The third-order valence-electron chi connectivity index (χ3n) is 5.97. The molecule has 6 nitrogen and oxygen atoms in total. The standard InChI is InChI=1S/C22H25NO5/c1-13-5-7-17(26-4)16(11-13)23-12-14(6-8-18(23)24)21(25)28-20-15-9-10-27-19(15)22(20,2)3/h5-8,11-12,15,19-20H,9-10H2,1-4H3/t15-,19+,20+/m0/s1. The summed E-state index contributed by atoms with van der Waals surface area (Å²) in [6, 6.07) is 8.46. The number of benzene rings is 1. The number of ether oxygens (including phenoxy) is 3. The van der Waals surface area contributed by atoms with E-state index in [2.05, 4.69) is 13.8 Å². The van der Waals surface area contributed by atoms with Gasteiger partial charge in [0.2, 0.25) is 0 Å². The molecule has 0 bridgehead atoms. The topological polar surface area (TPSA) is 66.8 Å². The molecule has 3 atom stereocenters. The Morgan fingerprint density at radius 2 is 2.04 bits per heavy atom. The molecule has 148 valence electrons. The largest absolute Gasteiger partial charge is 0.495 e. The molecule has 0 N–H and O–H groups in total. The Bertz CT molecular complexity index is 977. The van der Waals surface area contributed by atoms with Crippen LogP contribution in [0, 0.1) is 18.3 Å². The summed E-state index contributed by atoms with van der Waals surface area (Å²) in [6.45, 7) is 6.78. The summed E-state index contributed by atoms with van der Waals surface area (Å²) in [6.07, 6.45) is 2.40. The average molecular weight is 383 g/mol. The van der Waals surface area contributed by atoms with Crippen molar-refractivity contribution in [2.75, 3.05) is 13.7 Å². The lowest BCUT2D eigenvalue weighted by molar-refractivity contribution is -0.183. The van der Waals surface area contributed by atoms with Crippen molar-refractivity contribution >= 4 is 5.97 Å². The number of nitrogens with zero attached hydrogens (tertiary/aromatic N) is 1. The van der Waals surface area contributed by atoms with Crippen LogP contribution in [0.3, 0.4) is 0 Å². The fraction of sp³-hybridized carbons (Fsp3) is 0.455. The van der Waals surface area contributed by atoms with E-state index in [1.165, 1.54) is 22.9 Å². The predicted molar refractivity (Wildman–Crippen MR) is 104 cm³/mol. The number of rotatable bonds is 4. The highest BCUT2D eigenvalue weighted by molar-refractivity contribution is 5.89. The molecular formula is C22H25NO5. The second-order valence-electron chi connectivity index (χ2n) is 8.19. The summed E-state index contributed by atoms with van der Waals surface area (Å²) in [4.78, 5) is 25.3. The van der Waals surface area contributed by atoms with Crippen LogP contribution in [0.15, 0.2) is 41.3 Å². The van der Waals surface area contributed by atoms with Crippen LogP contribution in [0.1, 0.15) is 36.2 Å². The number of fused-ring (bicyclic) bond motifs is 1. The summed E-state index contributed by atoms with van der Waals surface area (Å²) in [7, 11) is 1.55. The number of aryl methyl sites for hydroxylation is 1. The van der Waals surface area contributed by atoms with Gasteiger partial charge in [-0.3, -0.25) is 9.36 Å². The quantitative estimate of drug-likeness (QED) is 0.759. The van der Waals surface area contributed by atoms with Gasteiger partial charge in [0.1, 0.15) is 11.9 Å². The maximum Gasteiger partial charge on any atom is 0.339 e. The molecule has 1 aromatic heterocycles. The minimum Gasteiger partial charge on any atom is -0.495 e. The van der Waals surface area contributed by atoms with Crippen LogP contribution < -0.4 is 10.3 Å². The minimum absolute atomic E-state index is 0.149. The Labute approximate surface area is 164 Å². The van der Waals surface area contributed by atoms with Gasteiger partial charge in [-0.15, -0.1) is 0 Å². The summed E-state index contributed by atoms with van der Waals surface area (Å²) < 4.78 is 18.4. The minimum atomic E-state index is -0.427. The van der Waals surface area contributed by atoms with E-state index < -0.39 is 5.97 Å². The molecule has 0 spiro atoms. The van der Waals surface area contributed by atoms with E-state index in [-0.39, 0.29) is 29.1 Å². The first-order valence-corrected chi connectivity index (χ1v) is 9.53. The number of esters is 1. The van der Waals surface area contributed by atoms with Gasteiger partial charge in [-0.25, -0.2) is 4.79 Å². The molecular weight excluding hydrogens is 358 g/mol. The van der Waals surface area contributed by atoms with Crippen LogP contribution in [0.2, 0.25) is 0 Å². The molecule has 2 aliphatic rings. The van der Waals surface area contributed by atoms with E-state index in [4.69, 9.17) is 14.2 Å². The van der Waals surface area contributed by atoms with Crippen molar-refractivity contribution in [3.63, 3.8) is 0 Å². The van der Waals surface area contributed by atoms with Crippen LogP contribution in [-0.4, -0.2) is 36.5 Å². The van der Waals surface area contributed by atoms with E-state index in [0.717, 1.165) is 12.0 Å². The maximum atomic E-state index is 12.8. The molecule has 1 saturated carbocycles. The summed E-state index contributed by atoms with van der Waals surface area (Å²) >= 11 is 0. The Morgan fingerprint density at radius 3 is 2.79 bits per heavy atom. The molecule has 2 fully saturated rings. The average Bonchev–Trinajstić information content (AvgIpc) is 3.13. The molecule has 28 heavy (non-hydrogen) atoms. The number of pyridine rings is 1. The molecule has 1 aliphatic carbocycles. The molecule has 2 aromatic rings. The molecule has 1 aliphatic heterocycles. The smallest absolute Gasteiger partial charge is 0.339 e. The molecule has 0 radical (unpaired) electrons. The third-order valence-corrected chi connectivity index (χ3v) is 5.97. The third kappa shape index (κ3) is 2.92. The number of carbonyl (C=O) groups is 1. The molecule has 0 unspecified atom stereocenters. The lowest BCUT2D eigenvalue weighted by atomic mass is 9.59. The van der Waals surface area contributed by atoms with Crippen molar-refractivity contribution in [1.82, 2.24) is 4.57 Å².